The SMILES string of the molecule is COCCNC(=O)CN1C(=O)c2cccc(Cl)c2C1=O. The number of carbonyl (C=O) groups excluding carboxylic acids is 3. The van der Waals surface area contributed by atoms with Crippen LogP contribution in [0.3, 0.4) is 0 Å². The van der Waals surface area contributed by atoms with Crippen LogP contribution in [-0.2, 0) is 9.53 Å². The van der Waals surface area contributed by atoms with Gasteiger partial charge in [0.1, 0.15) is 6.54 Å². The zero-order chi connectivity index (χ0) is 14.7. The monoisotopic (exact) mass is 296 g/mol. The van der Waals surface area contributed by atoms with Gasteiger partial charge in [-0.05, 0) is 12.1 Å². The van der Waals surface area contributed by atoms with Crippen LogP contribution in [0.25, 0.3) is 0 Å². The van der Waals surface area contributed by atoms with Crippen LogP contribution >= 0.6 is 11.6 Å². The van der Waals surface area contributed by atoms with Gasteiger partial charge in [0.25, 0.3) is 11.8 Å². The van der Waals surface area contributed by atoms with Crippen molar-refractivity contribution in [1.82, 2.24) is 10.2 Å². The molecule has 1 aromatic carbocycles. The summed E-state index contributed by atoms with van der Waals surface area (Å²) in [5.74, 6) is -1.47. The maximum Gasteiger partial charge on any atom is 0.263 e. The van der Waals surface area contributed by atoms with E-state index < -0.39 is 17.7 Å². The van der Waals surface area contributed by atoms with Gasteiger partial charge < -0.3 is 10.1 Å². The third-order valence-corrected chi connectivity index (χ3v) is 3.19. The van der Waals surface area contributed by atoms with Crippen LogP contribution in [0.5, 0.6) is 0 Å². The Kier molecular flexibility index (Phi) is 4.36. The number of imide groups is 1. The lowest BCUT2D eigenvalue weighted by Crippen LogP contribution is -2.41. The van der Waals surface area contributed by atoms with Crippen LogP contribution in [0.15, 0.2) is 18.2 Å². The quantitative estimate of drug-likeness (QED) is 0.641. The topological polar surface area (TPSA) is 75.7 Å². The summed E-state index contributed by atoms with van der Waals surface area (Å²) in [5.41, 5.74) is 0.385. The highest BCUT2D eigenvalue weighted by Gasteiger charge is 2.37. The van der Waals surface area contributed by atoms with Gasteiger partial charge in [0, 0.05) is 13.7 Å². The molecule has 0 aliphatic carbocycles. The van der Waals surface area contributed by atoms with Crippen LogP contribution in [-0.4, -0.2) is 49.4 Å². The molecule has 2 rings (SSSR count). The summed E-state index contributed by atoms with van der Waals surface area (Å²) < 4.78 is 4.79. The highest BCUT2D eigenvalue weighted by molar-refractivity contribution is 6.37. The van der Waals surface area contributed by atoms with Gasteiger partial charge in [-0.25, -0.2) is 0 Å². The molecule has 0 bridgehead atoms. The number of nitrogens with one attached hydrogen (secondary N) is 1. The average Bonchev–Trinajstić information content (AvgIpc) is 2.65. The molecule has 7 heteroatoms. The van der Waals surface area contributed by atoms with E-state index in [0.717, 1.165) is 4.90 Å². The minimum atomic E-state index is -0.544. The number of hydrogen-bond donors (Lipinski definition) is 1. The fraction of sp³-hybridized carbons (Fsp3) is 0.308. The first-order valence-electron chi connectivity index (χ1n) is 5.96. The molecule has 106 valence electrons. The predicted molar refractivity (Wildman–Crippen MR) is 71.7 cm³/mol. The standard InChI is InChI=1S/C13H13ClN2O4/c1-20-6-5-15-10(17)7-16-12(18)8-3-2-4-9(14)11(8)13(16)19/h2-4H,5-7H2,1H3,(H,15,17). The molecule has 1 aliphatic rings. The van der Waals surface area contributed by atoms with E-state index in [1.165, 1.54) is 19.2 Å². The van der Waals surface area contributed by atoms with Crippen LogP contribution in [0.4, 0.5) is 0 Å². The van der Waals surface area contributed by atoms with Crippen molar-refractivity contribution in [2.45, 2.75) is 0 Å². The molecular weight excluding hydrogens is 284 g/mol. The van der Waals surface area contributed by atoms with E-state index in [4.69, 9.17) is 16.3 Å². The summed E-state index contributed by atoms with van der Waals surface area (Å²) in [6.45, 7) is 0.353. The molecular formula is C13H13ClN2O4. The van der Waals surface area contributed by atoms with E-state index in [1.807, 2.05) is 0 Å². The first kappa shape index (κ1) is 14.5. The molecule has 1 N–H and O–H groups in total. The van der Waals surface area contributed by atoms with E-state index in [2.05, 4.69) is 5.32 Å². The van der Waals surface area contributed by atoms with Crippen molar-refractivity contribution < 1.29 is 19.1 Å². The maximum atomic E-state index is 12.1. The lowest BCUT2D eigenvalue weighted by atomic mass is 10.1. The third kappa shape index (κ3) is 2.66. The van der Waals surface area contributed by atoms with Crippen LogP contribution in [0.2, 0.25) is 5.02 Å². The molecule has 0 atom stereocenters. The number of amides is 3. The molecule has 0 aromatic heterocycles. The van der Waals surface area contributed by atoms with Crippen molar-refractivity contribution in [2.24, 2.45) is 0 Å². The minimum Gasteiger partial charge on any atom is -0.383 e. The van der Waals surface area contributed by atoms with Crippen LogP contribution in [0, 0.1) is 0 Å². The van der Waals surface area contributed by atoms with Gasteiger partial charge in [-0.2, -0.15) is 0 Å². The second-order valence-corrected chi connectivity index (χ2v) is 4.61. The molecule has 0 saturated heterocycles. The zero-order valence-corrected chi connectivity index (χ0v) is 11.6. The molecule has 0 radical (unpaired) electrons. The zero-order valence-electron chi connectivity index (χ0n) is 10.8. The van der Waals surface area contributed by atoms with E-state index in [1.54, 1.807) is 6.07 Å². The smallest absolute Gasteiger partial charge is 0.263 e. The van der Waals surface area contributed by atoms with E-state index in [-0.39, 0.29) is 22.7 Å². The molecule has 3 amide bonds. The molecule has 0 unspecified atom stereocenters. The number of halogens is 1. The van der Waals surface area contributed by atoms with Crippen LogP contribution < -0.4 is 5.32 Å². The Bertz CT molecular complexity index is 573. The Labute approximate surface area is 120 Å². The predicted octanol–water partition coefficient (Wildman–Crippen LogP) is 0.699. The van der Waals surface area contributed by atoms with Gasteiger partial charge in [-0.1, -0.05) is 17.7 Å². The van der Waals surface area contributed by atoms with E-state index in [9.17, 15) is 14.4 Å². The van der Waals surface area contributed by atoms with E-state index >= 15 is 0 Å². The van der Waals surface area contributed by atoms with Gasteiger partial charge in [0.2, 0.25) is 5.91 Å². The first-order valence-corrected chi connectivity index (χ1v) is 6.34. The minimum absolute atomic E-state index is 0.156. The molecule has 0 fully saturated rings. The Balaban J connectivity index is 2.09. The lowest BCUT2D eigenvalue weighted by molar-refractivity contribution is -0.121. The Morgan fingerprint density at radius 3 is 2.75 bits per heavy atom. The fourth-order valence-electron chi connectivity index (χ4n) is 1.93. The number of nitrogens with zero attached hydrogens (tertiary/aromatic N) is 1. The first-order chi connectivity index (χ1) is 9.56. The maximum absolute atomic E-state index is 12.1. The fourth-order valence-corrected chi connectivity index (χ4v) is 2.18. The lowest BCUT2D eigenvalue weighted by Gasteiger charge is -2.13. The normalized spacial score (nSPS) is 13.6. The highest BCUT2D eigenvalue weighted by atomic mass is 35.5. The Morgan fingerprint density at radius 2 is 2.10 bits per heavy atom. The largest absolute Gasteiger partial charge is 0.383 e. The van der Waals surface area contributed by atoms with Gasteiger partial charge in [0.05, 0.1) is 22.8 Å². The van der Waals surface area contributed by atoms with Crippen LogP contribution in [0.1, 0.15) is 20.7 Å². The molecule has 0 spiro atoms. The Hall–Kier alpha value is -1.92. The summed E-state index contributed by atoms with van der Waals surface area (Å²) in [5, 5.41) is 2.76. The average molecular weight is 297 g/mol. The van der Waals surface area contributed by atoms with Crippen molar-refractivity contribution in [3.63, 3.8) is 0 Å². The number of ether oxygens (including phenoxy) is 1. The molecule has 6 nitrogen and oxygen atoms in total. The third-order valence-electron chi connectivity index (χ3n) is 2.88. The van der Waals surface area contributed by atoms with E-state index in [0.29, 0.717) is 13.2 Å². The molecule has 1 heterocycles. The Morgan fingerprint density at radius 1 is 1.35 bits per heavy atom. The number of fused-ring (bicyclic) bond motifs is 1. The van der Waals surface area contributed by atoms with Crippen molar-refractivity contribution in [2.75, 3.05) is 26.8 Å². The molecule has 1 aliphatic heterocycles. The summed E-state index contributed by atoms with van der Waals surface area (Å²) in [7, 11) is 1.51. The number of benzene rings is 1. The van der Waals surface area contributed by atoms with Crippen molar-refractivity contribution in [3.8, 4) is 0 Å². The van der Waals surface area contributed by atoms with Gasteiger partial charge in [0.15, 0.2) is 0 Å². The van der Waals surface area contributed by atoms with Crippen molar-refractivity contribution in [1.29, 1.82) is 0 Å². The second kappa shape index (κ2) is 6.02. The number of methoxy groups -OCH3 is 1. The van der Waals surface area contributed by atoms with Crippen molar-refractivity contribution in [3.05, 3.63) is 34.3 Å². The molecule has 0 saturated carbocycles. The molecule has 1 aromatic rings. The highest BCUT2D eigenvalue weighted by Crippen LogP contribution is 2.28. The number of rotatable bonds is 5. The van der Waals surface area contributed by atoms with Gasteiger partial charge in [-0.15, -0.1) is 0 Å². The summed E-state index contributed by atoms with van der Waals surface area (Å²) >= 11 is 5.92. The van der Waals surface area contributed by atoms with Gasteiger partial charge in [-0.3, -0.25) is 19.3 Å². The summed E-state index contributed by atoms with van der Waals surface area (Å²) in [4.78, 5) is 36.7. The number of hydrogen-bond acceptors (Lipinski definition) is 4. The molecule has 20 heavy (non-hydrogen) atoms. The number of carbonyl (C=O) groups is 3. The summed E-state index contributed by atoms with van der Waals surface area (Å²) in [6.07, 6.45) is 0. The second-order valence-electron chi connectivity index (χ2n) is 4.20. The summed E-state index contributed by atoms with van der Waals surface area (Å²) in [6, 6.07) is 4.65. The van der Waals surface area contributed by atoms with Crippen molar-refractivity contribution >= 4 is 29.3 Å². The van der Waals surface area contributed by atoms with Gasteiger partial charge >= 0.3 is 0 Å².